The van der Waals surface area contributed by atoms with Gasteiger partial charge in [-0.25, -0.2) is 0 Å². The van der Waals surface area contributed by atoms with Crippen LogP contribution in [0.25, 0.3) is 0 Å². The van der Waals surface area contributed by atoms with Gasteiger partial charge >= 0.3 is 0 Å². The normalized spacial score (nSPS) is 32.6. The molecule has 0 aliphatic carbocycles. The molecule has 1 heterocycles. The maximum atomic E-state index is 3.52. The van der Waals surface area contributed by atoms with E-state index in [0.717, 1.165) is 19.6 Å². The molecule has 2 unspecified atom stereocenters. The van der Waals surface area contributed by atoms with E-state index in [-0.39, 0.29) is 7.43 Å². The summed E-state index contributed by atoms with van der Waals surface area (Å²) in [5.74, 6) is 0. The molecule has 0 amide bonds. The first kappa shape index (κ1) is 13.9. The molecule has 1 fully saturated rings. The molecule has 0 saturated carbocycles. The number of hydrogen-bond donors (Lipinski definition) is 1. The summed E-state index contributed by atoms with van der Waals surface area (Å²) >= 11 is 0. The van der Waals surface area contributed by atoms with E-state index >= 15 is 0 Å². The Balaban J connectivity index is 0.00000169. The van der Waals surface area contributed by atoms with Gasteiger partial charge in [-0.2, -0.15) is 0 Å². The zero-order valence-electron chi connectivity index (χ0n) is 9.38. The Morgan fingerprint density at radius 1 is 1.14 bits per heavy atom. The molecular formula is C11H27N3. The van der Waals surface area contributed by atoms with Gasteiger partial charge in [0, 0.05) is 38.3 Å². The van der Waals surface area contributed by atoms with Crippen molar-refractivity contribution in [2.75, 3.05) is 40.3 Å². The summed E-state index contributed by atoms with van der Waals surface area (Å²) in [4.78, 5) is 4.83. The van der Waals surface area contributed by atoms with Gasteiger partial charge in [0.2, 0.25) is 0 Å². The Bertz CT molecular complexity index is 149. The Morgan fingerprint density at radius 2 is 1.79 bits per heavy atom. The molecule has 0 radical (unpaired) electrons. The molecular weight excluding hydrogens is 174 g/mol. The van der Waals surface area contributed by atoms with E-state index < -0.39 is 0 Å². The summed E-state index contributed by atoms with van der Waals surface area (Å²) in [5.41, 5.74) is 0. The molecule has 86 valence electrons. The van der Waals surface area contributed by atoms with E-state index in [1.807, 2.05) is 0 Å². The smallest absolute Gasteiger partial charge is 0.0192 e. The van der Waals surface area contributed by atoms with Crippen molar-refractivity contribution in [3.05, 3.63) is 0 Å². The van der Waals surface area contributed by atoms with Gasteiger partial charge in [-0.3, -0.25) is 0 Å². The predicted octanol–water partition coefficient (Wildman–Crippen LogP) is 0.866. The molecule has 0 bridgehead atoms. The van der Waals surface area contributed by atoms with Crippen LogP contribution in [-0.2, 0) is 0 Å². The number of hydrogen-bond acceptors (Lipinski definition) is 3. The van der Waals surface area contributed by atoms with Crippen molar-refractivity contribution in [3.8, 4) is 0 Å². The van der Waals surface area contributed by atoms with Crippen LogP contribution in [0.2, 0.25) is 0 Å². The maximum Gasteiger partial charge on any atom is 0.0192 e. The van der Waals surface area contributed by atoms with E-state index in [0.29, 0.717) is 12.1 Å². The average molecular weight is 201 g/mol. The number of nitrogens with zero attached hydrogens (tertiary/aromatic N) is 2. The van der Waals surface area contributed by atoms with Crippen molar-refractivity contribution in [2.24, 2.45) is 0 Å². The van der Waals surface area contributed by atoms with Gasteiger partial charge in [-0.1, -0.05) is 7.43 Å². The van der Waals surface area contributed by atoms with Crippen molar-refractivity contribution in [1.82, 2.24) is 15.1 Å². The van der Waals surface area contributed by atoms with Crippen LogP contribution in [0.15, 0.2) is 0 Å². The number of nitrogens with one attached hydrogen (secondary N) is 1. The summed E-state index contributed by atoms with van der Waals surface area (Å²) in [6.45, 7) is 9.13. The first-order chi connectivity index (χ1) is 6.09. The van der Waals surface area contributed by atoms with Crippen LogP contribution in [0.4, 0.5) is 0 Å². The highest BCUT2D eigenvalue weighted by Gasteiger charge is 2.15. The number of likely N-dealkylation sites (N-methyl/N-ethyl adjacent to an activating group) is 2. The first-order valence-corrected chi connectivity index (χ1v) is 5.21. The van der Waals surface area contributed by atoms with Gasteiger partial charge in [-0.05, 0) is 27.9 Å². The fourth-order valence-corrected chi connectivity index (χ4v) is 1.90. The largest absolute Gasteiger partial charge is 0.312 e. The molecule has 1 aliphatic heterocycles. The summed E-state index contributed by atoms with van der Waals surface area (Å²) in [6, 6.07) is 1.28. The van der Waals surface area contributed by atoms with E-state index in [2.05, 4.69) is 43.1 Å². The van der Waals surface area contributed by atoms with Gasteiger partial charge < -0.3 is 15.1 Å². The van der Waals surface area contributed by atoms with Crippen LogP contribution in [0.1, 0.15) is 21.3 Å². The molecule has 1 saturated heterocycles. The minimum Gasteiger partial charge on any atom is -0.312 e. The summed E-state index contributed by atoms with van der Waals surface area (Å²) in [5, 5.41) is 3.52. The summed E-state index contributed by atoms with van der Waals surface area (Å²) in [6.07, 6.45) is 0. The fraction of sp³-hybridized carbons (Fsp3) is 1.00. The average Bonchev–Trinajstić information content (AvgIpc) is 2.06. The lowest BCUT2D eigenvalue weighted by atomic mass is 10.2. The highest BCUT2D eigenvalue weighted by molar-refractivity contribution is 4.75. The van der Waals surface area contributed by atoms with Gasteiger partial charge in [0.05, 0.1) is 0 Å². The topological polar surface area (TPSA) is 18.5 Å². The van der Waals surface area contributed by atoms with Gasteiger partial charge in [0.1, 0.15) is 0 Å². The van der Waals surface area contributed by atoms with Crippen LogP contribution in [0.5, 0.6) is 0 Å². The first-order valence-electron chi connectivity index (χ1n) is 5.21. The van der Waals surface area contributed by atoms with Crippen molar-refractivity contribution < 1.29 is 0 Å². The van der Waals surface area contributed by atoms with Crippen LogP contribution in [0, 0.1) is 0 Å². The summed E-state index contributed by atoms with van der Waals surface area (Å²) < 4.78 is 0. The third kappa shape index (κ3) is 4.40. The minimum absolute atomic E-state index is 0. The number of rotatable bonds is 0. The van der Waals surface area contributed by atoms with Crippen LogP contribution in [0.3, 0.4) is 0 Å². The van der Waals surface area contributed by atoms with Crippen LogP contribution in [-0.4, -0.2) is 62.2 Å². The van der Waals surface area contributed by atoms with Crippen molar-refractivity contribution in [3.63, 3.8) is 0 Å². The zero-order valence-corrected chi connectivity index (χ0v) is 9.38. The highest BCUT2D eigenvalue weighted by atomic mass is 15.2. The molecule has 0 aromatic heterocycles. The van der Waals surface area contributed by atoms with Gasteiger partial charge in [0.25, 0.3) is 0 Å². The highest BCUT2D eigenvalue weighted by Crippen LogP contribution is 2.00. The molecule has 0 aromatic carbocycles. The third-order valence-corrected chi connectivity index (χ3v) is 2.87. The predicted molar refractivity (Wildman–Crippen MR) is 63.8 cm³/mol. The molecule has 2 atom stereocenters. The Hall–Kier alpha value is -0.120. The van der Waals surface area contributed by atoms with Crippen LogP contribution >= 0.6 is 0 Å². The van der Waals surface area contributed by atoms with E-state index in [1.54, 1.807) is 0 Å². The van der Waals surface area contributed by atoms with E-state index in [9.17, 15) is 0 Å². The molecule has 3 nitrogen and oxygen atoms in total. The minimum atomic E-state index is 0. The molecule has 1 aliphatic rings. The third-order valence-electron chi connectivity index (χ3n) is 2.87. The van der Waals surface area contributed by atoms with Crippen molar-refractivity contribution in [2.45, 2.75) is 33.4 Å². The molecule has 0 aromatic rings. The quantitative estimate of drug-likeness (QED) is 0.627. The lowest BCUT2D eigenvalue weighted by Gasteiger charge is -2.27. The molecule has 3 heteroatoms. The van der Waals surface area contributed by atoms with E-state index in [4.69, 9.17) is 0 Å². The standard InChI is InChI=1S/C10H23N3.CH4/c1-9-7-12(3)8-10(2)13(4)6-5-11-9;/h9-11H,5-8H2,1-4H3;1H4. The van der Waals surface area contributed by atoms with Gasteiger partial charge in [-0.15, -0.1) is 0 Å². The van der Waals surface area contributed by atoms with E-state index in [1.165, 1.54) is 6.54 Å². The Labute approximate surface area is 89.5 Å². The van der Waals surface area contributed by atoms with Crippen LogP contribution < -0.4 is 5.32 Å². The lowest BCUT2D eigenvalue weighted by molar-refractivity contribution is 0.205. The SMILES string of the molecule is C.CC1CN(C)CC(C)N(C)CCN1. The molecule has 1 N–H and O–H groups in total. The Morgan fingerprint density at radius 3 is 2.43 bits per heavy atom. The maximum absolute atomic E-state index is 3.52. The Kier molecular flexibility index (Phi) is 6.33. The molecule has 1 rings (SSSR count). The fourth-order valence-electron chi connectivity index (χ4n) is 1.90. The van der Waals surface area contributed by atoms with Crippen molar-refractivity contribution >= 4 is 0 Å². The van der Waals surface area contributed by atoms with Gasteiger partial charge in [0.15, 0.2) is 0 Å². The lowest BCUT2D eigenvalue weighted by Crippen LogP contribution is -2.39. The van der Waals surface area contributed by atoms with Crippen molar-refractivity contribution in [1.29, 1.82) is 0 Å². The molecule has 0 spiro atoms. The monoisotopic (exact) mass is 201 g/mol. The second-order valence-electron chi connectivity index (χ2n) is 4.41. The second-order valence-corrected chi connectivity index (χ2v) is 4.41. The second kappa shape index (κ2) is 6.38. The molecule has 14 heavy (non-hydrogen) atoms. The summed E-state index contributed by atoms with van der Waals surface area (Å²) in [7, 11) is 4.41. The zero-order chi connectivity index (χ0) is 9.84.